The number of nitro groups is 1. The quantitative estimate of drug-likeness (QED) is 0.467. The standard InChI is InChI=1S/C13H17FN2O5/c1-3-20-13(17)10(15)4-5-21-12-6-8(2)11(16(18)19)7-9(12)14/h6-7,10H,3-5,15H2,1-2H3. The number of carbonyl (C=O) groups is 1. The summed E-state index contributed by atoms with van der Waals surface area (Å²) in [6, 6.07) is 1.19. The average molecular weight is 300 g/mol. The summed E-state index contributed by atoms with van der Waals surface area (Å²) in [5, 5.41) is 10.7. The number of hydrogen-bond acceptors (Lipinski definition) is 6. The third-order valence-electron chi connectivity index (χ3n) is 2.72. The van der Waals surface area contributed by atoms with Crippen molar-refractivity contribution in [2.24, 2.45) is 5.73 Å². The SMILES string of the molecule is CCOC(=O)C(N)CCOc1cc(C)c([N+](=O)[O-])cc1F. The van der Waals surface area contributed by atoms with Crippen LogP contribution in [0.4, 0.5) is 10.1 Å². The molecule has 0 saturated carbocycles. The first-order chi connectivity index (χ1) is 9.86. The van der Waals surface area contributed by atoms with Crippen LogP contribution in [0.25, 0.3) is 0 Å². The molecule has 0 fully saturated rings. The van der Waals surface area contributed by atoms with Gasteiger partial charge in [0, 0.05) is 12.0 Å². The number of halogens is 1. The van der Waals surface area contributed by atoms with Crippen LogP contribution in [0.3, 0.4) is 0 Å². The molecule has 1 aromatic carbocycles. The van der Waals surface area contributed by atoms with Crippen molar-refractivity contribution in [2.45, 2.75) is 26.3 Å². The summed E-state index contributed by atoms with van der Waals surface area (Å²) in [5.41, 5.74) is 5.53. The Labute approximate surface area is 121 Å². The van der Waals surface area contributed by atoms with Gasteiger partial charge in [-0.15, -0.1) is 0 Å². The van der Waals surface area contributed by atoms with E-state index >= 15 is 0 Å². The second-order valence-corrected chi connectivity index (χ2v) is 4.32. The minimum absolute atomic E-state index is 0.00580. The Hall–Kier alpha value is -2.22. The van der Waals surface area contributed by atoms with Gasteiger partial charge in [-0.3, -0.25) is 14.9 Å². The van der Waals surface area contributed by atoms with Gasteiger partial charge in [-0.2, -0.15) is 0 Å². The zero-order chi connectivity index (χ0) is 16.0. The van der Waals surface area contributed by atoms with Crippen LogP contribution < -0.4 is 10.5 Å². The second-order valence-electron chi connectivity index (χ2n) is 4.32. The Morgan fingerprint density at radius 2 is 2.19 bits per heavy atom. The number of esters is 1. The monoisotopic (exact) mass is 300 g/mol. The Morgan fingerprint density at radius 3 is 2.76 bits per heavy atom. The van der Waals surface area contributed by atoms with Crippen molar-refractivity contribution >= 4 is 11.7 Å². The molecule has 0 aromatic heterocycles. The summed E-state index contributed by atoms with van der Waals surface area (Å²) in [5.74, 6) is -1.51. The highest BCUT2D eigenvalue weighted by atomic mass is 19.1. The Morgan fingerprint density at radius 1 is 1.52 bits per heavy atom. The molecule has 1 aromatic rings. The van der Waals surface area contributed by atoms with E-state index in [1.165, 1.54) is 13.0 Å². The maximum atomic E-state index is 13.6. The number of benzene rings is 1. The van der Waals surface area contributed by atoms with Crippen molar-refractivity contribution < 1.29 is 23.6 Å². The topological polar surface area (TPSA) is 105 Å². The largest absolute Gasteiger partial charge is 0.490 e. The molecule has 0 aliphatic rings. The third-order valence-corrected chi connectivity index (χ3v) is 2.72. The van der Waals surface area contributed by atoms with Crippen molar-refractivity contribution in [1.82, 2.24) is 0 Å². The van der Waals surface area contributed by atoms with E-state index in [-0.39, 0.29) is 36.6 Å². The smallest absolute Gasteiger partial charge is 0.323 e. The number of nitrogens with zero attached hydrogens (tertiary/aromatic N) is 1. The molecule has 2 N–H and O–H groups in total. The second kappa shape index (κ2) is 7.53. The van der Waals surface area contributed by atoms with Gasteiger partial charge < -0.3 is 15.2 Å². The van der Waals surface area contributed by atoms with Gasteiger partial charge >= 0.3 is 5.97 Å². The number of nitro benzene ring substituents is 1. The minimum atomic E-state index is -0.854. The molecule has 0 spiro atoms. The highest BCUT2D eigenvalue weighted by Crippen LogP contribution is 2.27. The highest BCUT2D eigenvalue weighted by molar-refractivity contribution is 5.75. The molecule has 1 atom stereocenters. The maximum absolute atomic E-state index is 13.6. The molecule has 0 aliphatic heterocycles. The van der Waals surface area contributed by atoms with Crippen LogP contribution in [-0.4, -0.2) is 30.1 Å². The zero-order valence-corrected chi connectivity index (χ0v) is 11.8. The molecule has 0 bridgehead atoms. The Kier molecular flexibility index (Phi) is 6.04. The summed E-state index contributed by atoms with van der Waals surface area (Å²) < 4.78 is 23.5. The summed E-state index contributed by atoms with van der Waals surface area (Å²) in [7, 11) is 0. The van der Waals surface area contributed by atoms with Crippen LogP contribution in [0.15, 0.2) is 12.1 Å². The number of aryl methyl sites for hydroxylation is 1. The molecule has 0 radical (unpaired) electrons. The number of rotatable bonds is 7. The van der Waals surface area contributed by atoms with Crippen LogP contribution in [0, 0.1) is 22.9 Å². The third kappa shape index (κ3) is 4.67. The molecule has 7 nitrogen and oxygen atoms in total. The summed E-state index contributed by atoms with van der Waals surface area (Å²) in [4.78, 5) is 21.3. The summed E-state index contributed by atoms with van der Waals surface area (Å²) in [6.07, 6.45) is 0.147. The molecule has 0 heterocycles. The Bertz CT molecular complexity index is 536. The van der Waals surface area contributed by atoms with Gasteiger partial charge in [0.1, 0.15) is 6.04 Å². The van der Waals surface area contributed by atoms with Gasteiger partial charge in [0.15, 0.2) is 11.6 Å². The van der Waals surface area contributed by atoms with E-state index in [0.29, 0.717) is 0 Å². The lowest BCUT2D eigenvalue weighted by Gasteiger charge is -2.12. The first kappa shape index (κ1) is 16.8. The van der Waals surface area contributed by atoms with E-state index < -0.39 is 22.8 Å². The van der Waals surface area contributed by atoms with Gasteiger partial charge in [0.05, 0.1) is 24.2 Å². The lowest BCUT2D eigenvalue weighted by molar-refractivity contribution is -0.385. The van der Waals surface area contributed by atoms with E-state index in [2.05, 4.69) is 0 Å². The van der Waals surface area contributed by atoms with Gasteiger partial charge in [-0.1, -0.05) is 0 Å². The first-order valence-corrected chi connectivity index (χ1v) is 6.36. The van der Waals surface area contributed by atoms with Gasteiger partial charge in [-0.25, -0.2) is 4.39 Å². The predicted octanol–water partition coefficient (Wildman–Crippen LogP) is 1.70. The fourth-order valence-electron chi connectivity index (χ4n) is 1.61. The Balaban J connectivity index is 2.62. The van der Waals surface area contributed by atoms with E-state index in [4.69, 9.17) is 15.2 Å². The lowest BCUT2D eigenvalue weighted by Crippen LogP contribution is -2.33. The number of nitrogens with two attached hydrogens (primary N) is 1. The fraction of sp³-hybridized carbons (Fsp3) is 0.462. The highest BCUT2D eigenvalue weighted by Gasteiger charge is 2.18. The minimum Gasteiger partial charge on any atom is -0.490 e. The molecule has 8 heteroatoms. The molecule has 0 amide bonds. The maximum Gasteiger partial charge on any atom is 0.323 e. The average Bonchev–Trinajstić information content (AvgIpc) is 2.41. The van der Waals surface area contributed by atoms with E-state index in [0.717, 1.165) is 6.07 Å². The molecular formula is C13H17FN2O5. The summed E-state index contributed by atoms with van der Waals surface area (Å²) >= 11 is 0. The number of ether oxygens (including phenoxy) is 2. The van der Waals surface area contributed by atoms with Crippen molar-refractivity contribution in [1.29, 1.82) is 0 Å². The zero-order valence-electron chi connectivity index (χ0n) is 11.8. The van der Waals surface area contributed by atoms with Gasteiger partial charge in [0.2, 0.25) is 0 Å². The number of carbonyl (C=O) groups excluding carboxylic acids is 1. The summed E-state index contributed by atoms with van der Waals surface area (Å²) in [6.45, 7) is 3.36. The molecule has 1 unspecified atom stereocenters. The predicted molar refractivity (Wildman–Crippen MR) is 72.5 cm³/mol. The van der Waals surface area contributed by atoms with Crippen LogP contribution >= 0.6 is 0 Å². The normalized spacial score (nSPS) is 11.8. The molecule has 0 aliphatic carbocycles. The molecule has 1 rings (SSSR count). The van der Waals surface area contributed by atoms with Gasteiger partial charge in [-0.05, 0) is 19.9 Å². The lowest BCUT2D eigenvalue weighted by atomic mass is 10.2. The van der Waals surface area contributed by atoms with Crippen molar-refractivity contribution in [3.8, 4) is 5.75 Å². The van der Waals surface area contributed by atoms with Crippen molar-refractivity contribution in [2.75, 3.05) is 13.2 Å². The van der Waals surface area contributed by atoms with Crippen LogP contribution in [0.2, 0.25) is 0 Å². The van der Waals surface area contributed by atoms with Crippen molar-refractivity contribution in [3.63, 3.8) is 0 Å². The number of hydrogen-bond donors (Lipinski definition) is 1. The molecule has 21 heavy (non-hydrogen) atoms. The van der Waals surface area contributed by atoms with Crippen LogP contribution in [-0.2, 0) is 9.53 Å². The first-order valence-electron chi connectivity index (χ1n) is 6.36. The molecule has 0 saturated heterocycles. The van der Waals surface area contributed by atoms with Gasteiger partial charge in [0.25, 0.3) is 5.69 Å². The molecule has 116 valence electrons. The van der Waals surface area contributed by atoms with E-state index in [9.17, 15) is 19.3 Å². The van der Waals surface area contributed by atoms with Crippen molar-refractivity contribution in [3.05, 3.63) is 33.6 Å². The van der Waals surface area contributed by atoms with Crippen LogP contribution in [0.1, 0.15) is 18.9 Å². The fourth-order valence-corrected chi connectivity index (χ4v) is 1.61. The van der Waals surface area contributed by atoms with E-state index in [1.807, 2.05) is 0 Å². The van der Waals surface area contributed by atoms with Crippen LogP contribution in [0.5, 0.6) is 5.75 Å². The van der Waals surface area contributed by atoms with E-state index in [1.54, 1.807) is 6.92 Å². The molecular weight excluding hydrogens is 283 g/mol.